The van der Waals surface area contributed by atoms with Gasteiger partial charge >= 0.3 is 12.6 Å². The molecule has 0 bridgehead atoms. The lowest BCUT2D eigenvalue weighted by Gasteiger charge is -2.10. The van der Waals surface area contributed by atoms with E-state index in [-0.39, 0.29) is 25.3 Å². The number of ether oxygens (including phenoxy) is 1. The average Bonchev–Trinajstić information content (AvgIpc) is 2.93. The molecule has 0 atom stereocenters. The summed E-state index contributed by atoms with van der Waals surface area (Å²) in [6.07, 6.45) is 1.24. The number of carboxylic acid groups (broad SMARTS) is 1. The van der Waals surface area contributed by atoms with E-state index in [0.717, 1.165) is 4.68 Å². The quantitative estimate of drug-likeness (QED) is 0.737. The largest absolute Gasteiger partial charge is 0.480 e. The molecule has 0 saturated carbocycles. The Morgan fingerprint density at radius 2 is 2.08 bits per heavy atom. The first-order chi connectivity index (χ1) is 11.4. The maximum atomic E-state index is 12.3. The number of nitrogens with zero attached hydrogens (tertiary/aromatic N) is 3. The van der Waals surface area contributed by atoms with Crippen molar-refractivity contribution in [1.29, 1.82) is 0 Å². The zero-order chi connectivity index (χ0) is 17.5. The van der Waals surface area contributed by atoms with E-state index < -0.39 is 18.5 Å². The molecule has 0 unspecified atom stereocenters. The molecule has 8 nitrogen and oxygen atoms in total. The first-order valence-electron chi connectivity index (χ1n) is 6.84. The van der Waals surface area contributed by atoms with Crippen LogP contribution in [0.1, 0.15) is 11.3 Å². The van der Waals surface area contributed by atoms with Crippen molar-refractivity contribution in [2.24, 2.45) is 0 Å². The van der Waals surface area contributed by atoms with Crippen LogP contribution in [0.4, 0.5) is 8.78 Å². The molecule has 0 spiro atoms. The molecule has 1 heterocycles. The van der Waals surface area contributed by atoms with Crippen LogP contribution in [-0.4, -0.2) is 38.6 Å². The minimum atomic E-state index is -2.97. The van der Waals surface area contributed by atoms with Crippen LogP contribution < -0.4 is 10.1 Å². The summed E-state index contributed by atoms with van der Waals surface area (Å²) in [5.74, 6) is -1.55. The van der Waals surface area contributed by atoms with Gasteiger partial charge in [-0.15, -0.1) is 5.10 Å². The van der Waals surface area contributed by atoms with Crippen molar-refractivity contribution in [3.63, 3.8) is 0 Å². The van der Waals surface area contributed by atoms with E-state index in [0.29, 0.717) is 11.3 Å². The molecule has 2 rings (SSSR count). The van der Waals surface area contributed by atoms with Gasteiger partial charge < -0.3 is 15.2 Å². The predicted octanol–water partition coefficient (Wildman–Crippen LogP) is 0.823. The van der Waals surface area contributed by atoms with E-state index in [1.165, 1.54) is 24.4 Å². The topological polar surface area (TPSA) is 106 Å². The van der Waals surface area contributed by atoms with E-state index in [1.54, 1.807) is 6.07 Å². The Bertz CT molecular complexity index is 720. The van der Waals surface area contributed by atoms with Crippen molar-refractivity contribution in [1.82, 2.24) is 20.3 Å². The zero-order valence-electron chi connectivity index (χ0n) is 12.4. The summed E-state index contributed by atoms with van der Waals surface area (Å²) in [4.78, 5) is 22.4. The van der Waals surface area contributed by atoms with Crippen LogP contribution in [0, 0.1) is 0 Å². The highest BCUT2D eigenvalue weighted by Gasteiger charge is 2.13. The summed E-state index contributed by atoms with van der Waals surface area (Å²) in [5, 5.41) is 18.5. The predicted molar refractivity (Wildman–Crippen MR) is 76.3 cm³/mol. The van der Waals surface area contributed by atoms with Gasteiger partial charge in [0.15, 0.2) is 0 Å². The Morgan fingerprint density at radius 1 is 1.33 bits per heavy atom. The molecule has 1 aromatic heterocycles. The van der Waals surface area contributed by atoms with Gasteiger partial charge in [0.25, 0.3) is 0 Å². The molecule has 128 valence electrons. The van der Waals surface area contributed by atoms with Gasteiger partial charge in [0.2, 0.25) is 5.91 Å². The number of carbonyl (C=O) groups excluding carboxylic acids is 1. The molecule has 0 saturated heterocycles. The second-order valence-corrected chi connectivity index (χ2v) is 4.74. The van der Waals surface area contributed by atoms with Crippen molar-refractivity contribution in [3.8, 4) is 5.75 Å². The van der Waals surface area contributed by atoms with Crippen molar-refractivity contribution in [2.75, 3.05) is 0 Å². The molecule has 10 heteroatoms. The van der Waals surface area contributed by atoms with Crippen molar-refractivity contribution in [3.05, 3.63) is 41.7 Å². The van der Waals surface area contributed by atoms with Crippen LogP contribution in [0.3, 0.4) is 0 Å². The van der Waals surface area contributed by atoms with Gasteiger partial charge in [-0.3, -0.25) is 9.59 Å². The molecule has 0 aliphatic rings. The highest BCUT2D eigenvalue weighted by atomic mass is 19.3. The maximum Gasteiger partial charge on any atom is 0.387 e. The second-order valence-electron chi connectivity index (χ2n) is 4.74. The fourth-order valence-corrected chi connectivity index (χ4v) is 1.92. The Balaban J connectivity index is 1.89. The van der Waals surface area contributed by atoms with Crippen molar-refractivity contribution in [2.45, 2.75) is 26.1 Å². The monoisotopic (exact) mass is 340 g/mol. The smallest absolute Gasteiger partial charge is 0.387 e. The summed E-state index contributed by atoms with van der Waals surface area (Å²) >= 11 is 0. The van der Waals surface area contributed by atoms with E-state index in [1.807, 2.05) is 0 Å². The van der Waals surface area contributed by atoms with Gasteiger partial charge in [-0.05, 0) is 6.07 Å². The van der Waals surface area contributed by atoms with Crippen LogP contribution >= 0.6 is 0 Å². The number of aliphatic carboxylic acids is 1. The highest BCUT2D eigenvalue weighted by molar-refractivity contribution is 5.79. The van der Waals surface area contributed by atoms with Gasteiger partial charge in [-0.2, -0.15) is 8.78 Å². The fourth-order valence-electron chi connectivity index (χ4n) is 1.92. The van der Waals surface area contributed by atoms with Gasteiger partial charge in [0.05, 0.1) is 19.2 Å². The number of para-hydroxylation sites is 1. The summed E-state index contributed by atoms with van der Waals surface area (Å²) < 4.78 is 30.1. The SMILES string of the molecule is O=C(O)Cn1cc(CNC(=O)Cc2ccccc2OC(F)F)nn1. The Morgan fingerprint density at radius 3 is 2.79 bits per heavy atom. The number of carboxylic acids is 1. The van der Waals surface area contributed by atoms with Crippen molar-refractivity contribution >= 4 is 11.9 Å². The lowest BCUT2D eigenvalue weighted by atomic mass is 10.1. The number of carbonyl (C=O) groups is 2. The fraction of sp³-hybridized carbons (Fsp3) is 0.286. The standard InChI is InChI=1S/C14H14F2N4O4/c15-14(16)24-11-4-2-1-3-9(11)5-12(21)17-6-10-7-20(19-18-10)8-13(22)23/h1-4,7,14H,5-6,8H2,(H,17,21)(H,22,23). The molecule has 1 aromatic carbocycles. The minimum absolute atomic E-state index is 0.0380. The van der Waals surface area contributed by atoms with E-state index in [9.17, 15) is 18.4 Å². The molecular formula is C14H14F2N4O4. The number of amides is 1. The Kier molecular flexibility index (Phi) is 5.77. The van der Waals surface area contributed by atoms with Crippen LogP contribution in [0.15, 0.2) is 30.5 Å². The van der Waals surface area contributed by atoms with Crippen LogP contribution in [0.2, 0.25) is 0 Å². The van der Waals surface area contributed by atoms with Gasteiger partial charge in [0.1, 0.15) is 18.0 Å². The number of aromatic nitrogens is 3. The molecule has 0 aliphatic carbocycles. The summed E-state index contributed by atoms with van der Waals surface area (Å²) in [7, 11) is 0. The third-order valence-electron chi connectivity index (χ3n) is 2.89. The number of nitrogens with one attached hydrogen (secondary N) is 1. The van der Waals surface area contributed by atoms with Gasteiger partial charge in [0, 0.05) is 5.56 Å². The van der Waals surface area contributed by atoms with Crippen LogP contribution in [0.5, 0.6) is 5.75 Å². The van der Waals surface area contributed by atoms with E-state index in [2.05, 4.69) is 20.4 Å². The number of halogens is 2. The van der Waals surface area contributed by atoms with Crippen LogP contribution in [0.25, 0.3) is 0 Å². The number of rotatable bonds is 8. The molecule has 0 aliphatic heterocycles. The molecule has 0 radical (unpaired) electrons. The Hall–Kier alpha value is -3.04. The lowest BCUT2D eigenvalue weighted by molar-refractivity contribution is -0.138. The minimum Gasteiger partial charge on any atom is -0.480 e. The number of benzene rings is 1. The maximum absolute atomic E-state index is 12.3. The first-order valence-corrected chi connectivity index (χ1v) is 6.84. The molecule has 0 fully saturated rings. The first kappa shape index (κ1) is 17.3. The van der Waals surface area contributed by atoms with Crippen molar-refractivity contribution < 1.29 is 28.2 Å². The normalized spacial score (nSPS) is 10.6. The molecule has 2 N–H and O–H groups in total. The number of hydrogen-bond acceptors (Lipinski definition) is 5. The molecule has 1 amide bonds. The summed E-state index contributed by atoms with van der Waals surface area (Å²) in [6.45, 7) is -3.27. The highest BCUT2D eigenvalue weighted by Crippen LogP contribution is 2.20. The lowest BCUT2D eigenvalue weighted by Crippen LogP contribution is -2.25. The zero-order valence-corrected chi connectivity index (χ0v) is 12.4. The number of alkyl halides is 2. The average molecular weight is 340 g/mol. The third kappa shape index (κ3) is 5.30. The van der Waals surface area contributed by atoms with Crippen LogP contribution in [-0.2, 0) is 29.1 Å². The van der Waals surface area contributed by atoms with Gasteiger partial charge in [-0.1, -0.05) is 23.4 Å². The second kappa shape index (κ2) is 7.99. The molecule has 2 aromatic rings. The third-order valence-corrected chi connectivity index (χ3v) is 2.89. The molecular weight excluding hydrogens is 326 g/mol. The van der Waals surface area contributed by atoms with Gasteiger partial charge in [-0.25, -0.2) is 4.68 Å². The summed E-state index contributed by atoms with van der Waals surface area (Å²) in [5.41, 5.74) is 0.701. The Labute approximate surface area is 135 Å². The summed E-state index contributed by atoms with van der Waals surface area (Å²) in [6, 6.07) is 6.00. The van der Waals surface area contributed by atoms with E-state index in [4.69, 9.17) is 5.11 Å². The van der Waals surface area contributed by atoms with E-state index >= 15 is 0 Å². The molecule has 24 heavy (non-hydrogen) atoms. The number of hydrogen-bond donors (Lipinski definition) is 2.